The van der Waals surface area contributed by atoms with Gasteiger partial charge in [-0.1, -0.05) is 12.2 Å². The maximum Gasteiger partial charge on any atom is 0.251 e. The van der Waals surface area contributed by atoms with Gasteiger partial charge in [0.25, 0.3) is 5.91 Å². The van der Waals surface area contributed by atoms with Crippen molar-refractivity contribution >= 4 is 23.1 Å². The summed E-state index contributed by atoms with van der Waals surface area (Å²) < 4.78 is 13.1. The lowest BCUT2D eigenvalue weighted by molar-refractivity contribution is 0.0953. The number of benzene rings is 1. The van der Waals surface area contributed by atoms with E-state index in [1.165, 1.54) is 12.1 Å². The number of rotatable bonds is 5. The molecule has 17 heavy (non-hydrogen) atoms. The Morgan fingerprint density at radius 1 is 1.47 bits per heavy atom. The van der Waals surface area contributed by atoms with Crippen LogP contribution >= 0.6 is 12.2 Å². The molecule has 0 aromatic heterocycles. The molecule has 1 rings (SSSR count). The van der Waals surface area contributed by atoms with E-state index in [4.69, 9.17) is 18.0 Å². The summed E-state index contributed by atoms with van der Waals surface area (Å²) in [5.41, 5.74) is 6.38. The van der Waals surface area contributed by atoms with Gasteiger partial charge in [-0.05, 0) is 43.5 Å². The van der Waals surface area contributed by atoms with Gasteiger partial charge in [0.15, 0.2) is 0 Å². The number of hydrogen-bond acceptors (Lipinski definition) is 2. The fourth-order valence-corrected chi connectivity index (χ4v) is 1.58. The molecule has 0 aliphatic rings. The lowest BCUT2D eigenvalue weighted by Gasteiger charge is -2.05. The van der Waals surface area contributed by atoms with E-state index in [2.05, 4.69) is 5.32 Å². The molecule has 0 atom stereocenters. The summed E-state index contributed by atoms with van der Waals surface area (Å²) in [5.74, 6) is -0.686. The largest absolute Gasteiger partial charge is 0.393 e. The number of carbonyl (C=O) groups is 1. The normalized spacial score (nSPS) is 10.0. The van der Waals surface area contributed by atoms with Gasteiger partial charge in [0.2, 0.25) is 0 Å². The van der Waals surface area contributed by atoms with Gasteiger partial charge in [0.1, 0.15) is 5.82 Å². The van der Waals surface area contributed by atoms with Crippen molar-refractivity contribution in [3.8, 4) is 0 Å². The van der Waals surface area contributed by atoms with Gasteiger partial charge >= 0.3 is 0 Å². The molecule has 0 unspecified atom stereocenters. The minimum Gasteiger partial charge on any atom is -0.393 e. The highest BCUT2D eigenvalue weighted by Crippen LogP contribution is 2.08. The Balaban J connectivity index is 2.49. The van der Waals surface area contributed by atoms with Crippen molar-refractivity contribution in [3.05, 3.63) is 35.1 Å². The van der Waals surface area contributed by atoms with Gasteiger partial charge in [-0.25, -0.2) is 4.39 Å². The average molecular weight is 254 g/mol. The highest BCUT2D eigenvalue weighted by Gasteiger charge is 2.06. The van der Waals surface area contributed by atoms with E-state index in [-0.39, 0.29) is 5.91 Å². The maximum atomic E-state index is 13.1. The third-order valence-electron chi connectivity index (χ3n) is 2.19. The standard InChI is InChI=1S/C12H15FN2OS/c1-8-5-9(7-10(13)6-8)12(16)15-4-2-3-11(14)17/h5-7H,2-4H2,1H3,(H2,14,17)(H,15,16). The minimum atomic E-state index is -0.404. The number of amides is 1. The number of thiocarbonyl (C=S) groups is 1. The zero-order chi connectivity index (χ0) is 12.8. The van der Waals surface area contributed by atoms with E-state index >= 15 is 0 Å². The average Bonchev–Trinajstić information content (AvgIpc) is 2.22. The second kappa shape index (κ2) is 6.30. The SMILES string of the molecule is Cc1cc(F)cc(C(=O)NCCCC(N)=S)c1. The summed E-state index contributed by atoms with van der Waals surface area (Å²) in [6.07, 6.45) is 1.28. The zero-order valence-electron chi connectivity index (χ0n) is 9.63. The first-order valence-electron chi connectivity index (χ1n) is 5.33. The molecule has 92 valence electrons. The molecule has 1 aromatic rings. The second-order valence-electron chi connectivity index (χ2n) is 3.84. The molecule has 0 saturated carbocycles. The van der Waals surface area contributed by atoms with Gasteiger partial charge in [-0.15, -0.1) is 0 Å². The Morgan fingerprint density at radius 3 is 2.76 bits per heavy atom. The molecule has 5 heteroatoms. The first-order chi connectivity index (χ1) is 7.99. The number of hydrogen-bond donors (Lipinski definition) is 2. The first kappa shape index (κ1) is 13.6. The Morgan fingerprint density at radius 2 is 2.18 bits per heavy atom. The fourth-order valence-electron chi connectivity index (χ4n) is 1.43. The molecule has 1 aromatic carbocycles. The van der Waals surface area contributed by atoms with Gasteiger partial charge in [0.05, 0.1) is 4.99 Å². The van der Waals surface area contributed by atoms with E-state index in [1.807, 2.05) is 0 Å². The van der Waals surface area contributed by atoms with Gasteiger partial charge in [-0.2, -0.15) is 0 Å². The summed E-state index contributed by atoms with van der Waals surface area (Å²) in [6.45, 7) is 2.22. The van der Waals surface area contributed by atoms with Crippen LogP contribution in [-0.2, 0) is 0 Å². The number of nitrogens with two attached hydrogens (primary N) is 1. The first-order valence-corrected chi connectivity index (χ1v) is 5.73. The molecule has 0 radical (unpaired) electrons. The highest BCUT2D eigenvalue weighted by atomic mass is 32.1. The number of carbonyl (C=O) groups excluding carboxylic acids is 1. The highest BCUT2D eigenvalue weighted by molar-refractivity contribution is 7.80. The Bertz CT molecular complexity index is 414. The molecule has 0 heterocycles. The van der Waals surface area contributed by atoms with Crippen LogP contribution in [0.4, 0.5) is 4.39 Å². The molecule has 0 saturated heterocycles. The maximum absolute atomic E-state index is 13.1. The van der Waals surface area contributed by atoms with E-state index in [9.17, 15) is 9.18 Å². The smallest absolute Gasteiger partial charge is 0.251 e. The molecule has 3 nitrogen and oxygen atoms in total. The number of nitrogens with one attached hydrogen (secondary N) is 1. The van der Waals surface area contributed by atoms with E-state index in [1.54, 1.807) is 13.0 Å². The van der Waals surface area contributed by atoms with Gasteiger partial charge in [-0.3, -0.25) is 4.79 Å². The van der Waals surface area contributed by atoms with Crippen molar-refractivity contribution in [2.45, 2.75) is 19.8 Å². The fraction of sp³-hybridized carbons (Fsp3) is 0.333. The summed E-state index contributed by atoms with van der Waals surface area (Å²) in [7, 11) is 0. The third kappa shape index (κ3) is 4.91. The van der Waals surface area contributed by atoms with Gasteiger partial charge < -0.3 is 11.1 Å². The topological polar surface area (TPSA) is 55.1 Å². The number of aryl methyl sites for hydroxylation is 1. The van der Waals surface area contributed by atoms with Crippen molar-refractivity contribution in [1.29, 1.82) is 0 Å². The molecule has 0 aliphatic heterocycles. The molecule has 3 N–H and O–H groups in total. The van der Waals surface area contributed by atoms with E-state index in [0.29, 0.717) is 29.9 Å². The summed E-state index contributed by atoms with van der Waals surface area (Å²) in [5, 5.41) is 2.69. The molecular weight excluding hydrogens is 239 g/mol. The lowest BCUT2D eigenvalue weighted by atomic mass is 10.1. The second-order valence-corrected chi connectivity index (χ2v) is 4.37. The van der Waals surface area contributed by atoms with Crippen LogP contribution in [0.15, 0.2) is 18.2 Å². The summed E-state index contributed by atoms with van der Waals surface area (Å²) >= 11 is 4.72. The Kier molecular flexibility index (Phi) is 5.03. The molecule has 0 bridgehead atoms. The Hall–Kier alpha value is -1.49. The molecular formula is C12H15FN2OS. The van der Waals surface area contributed by atoms with Crippen molar-refractivity contribution in [2.75, 3.05) is 6.54 Å². The molecule has 0 fully saturated rings. The summed E-state index contributed by atoms with van der Waals surface area (Å²) in [4.78, 5) is 12.1. The predicted molar refractivity (Wildman–Crippen MR) is 69.5 cm³/mol. The van der Waals surface area contributed by atoms with Crippen molar-refractivity contribution in [2.24, 2.45) is 5.73 Å². The molecule has 0 spiro atoms. The van der Waals surface area contributed by atoms with Crippen LogP contribution in [0.5, 0.6) is 0 Å². The lowest BCUT2D eigenvalue weighted by Crippen LogP contribution is -2.25. The molecule has 0 aliphatic carbocycles. The van der Waals surface area contributed by atoms with Crippen LogP contribution in [0.25, 0.3) is 0 Å². The summed E-state index contributed by atoms with van der Waals surface area (Å²) in [6, 6.07) is 4.24. The monoisotopic (exact) mass is 254 g/mol. The third-order valence-corrected chi connectivity index (χ3v) is 2.39. The van der Waals surface area contributed by atoms with Crippen LogP contribution in [0.2, 0.25) is 0 Å². The van der Waals surface area contributed by atoms with Crippen molar-refractivity contribution in [1.82, 2.24) is 5.32 Å². The van der Waals surface area contributed by atoms with Gasteiger partial charge in [0, 0.05) is 12.1 Å². The quantitative estimate of drug-likeness (QED) is 0.623. The van der Waals surface area contributed by atoms with E-state index < -0.39 is 5.82 Å². The predicted octanol–water partition coefficient (Wildman–Crippen LogP) is 1.93. The van der Waals surface area contributed by atoms with Crippen molar-refractivity contribution in [3.63, 3.8) is 0 Å². The zero-order valence-corrected chi connectivity index (χ0v) is 10.4. The van der Waals surface area contributed by atoms with Crippen LogP contribution in [0.3, 0.4) is 0 Å². The van der Waals surface area contributed by atoms with E-state index in [0.717, 1.165) is 5.56 Å². The van der Waals surface area contributed by atoms with Crippen LogP contribution in [-0.4, -0.2) is 17.4 Å². The minimum absolute atomic E-state index is 0.282. The Labute approximate surface area is 105 Å². The van der Waals surface area contributed by atoms with Crippen LogP contribution in [0.1, 0.15) is 28.8 Å². The van der Waals surface area contributed by atoms with Crippen LogP contribution in [0, 0.1) is 12.7 Å². The van der Waals surface area contributed by atoms with Crippen molar-refractivity contribution < 1.29 is 9.18 Å². The number of halogens is 1. The molecule has 1 amide bonds. The van der Waals surface area contributed by atoms with Crippen LogP contribution < -0.4 is 11.1 Å².